The Kier molecular flexibility index (Phi) is 3.44. The van der Waals surface area contributed by atoms with E-state index in [0.29, 0.717) is 6.42 Å². The zero-order valence-corrected chi connectivity index (χ0v) is 9.62. The van der Waals surface area contributed by atoms with E-state index in [-0.39, 0.29) is 5.82 Å². The molecule has 88 valence electrons. The fourth-order valence-corrected chi connectivity index (χ4v) is 2.30. The zero-order valence-electron chi connectivity index (χ0n) is 9.62. The molecule has 1 saturated heterocycles. The van der Waals surface area contributed by atoms with Gasteiger partial charge in [-0.1, -0.05) is 0 Å². The lowest BCUT2D eigenvalue weighted by molar-refractivity contribution is 0.195. The Hall–Kier alpha value is -1.09. The van der Waals surface area contributed by atoms with Crippen molar-refractivity contribution in [2.75, 3.05) is 18.0 Å². The number of aliphatic hydroxyl groups is 1. The molecule has 2 rings (SSSR count). The molecule has 1 atom stereocenters. The van der Waals surface area contributed by atoms with Crippen LogP contribution in [-0.2, 0) is 6.42 Å². The molecular weight excluding hydrogens is 205 g/mol. The van der Waals surface area contributed by atoms with Crippen LogP contribution in [0.5, 0.6) is 0 Å². The van der Waals surface area contributed by atoms with E-state index in [0.717, 1.165) is 24.3 Å². The Labute approximate surface area is 95.7 Å². The van der Waals surface area contributed by atoms with Gasteiger partial charge in [-0.05, 0) is 43.5 Å². The Bertz CT molecular complexity index is 359. The van der Waals surface area contributed by atoms with Crippen molar-refractivity contribution in [1.82, 2.24) is 0 Å². The summed E-state index contributed by atoms with van der Waals surface area (Å²) >= 11 is 0. The van der Waals surface area contributed by atoms with Crippen molar-refractivity contribution in [3.8, 4) is 0 Å². The maximum absolute atomic E-state index is 13.2. The molecule has 0 aromatic heterocycles. The first-order valence-corrected chi connectivity index (χ1v) is 5.88. The van der Waals surface area contributed by atoms with Crippen molar-refractivity contribution in [2.45, 2.75) is 32.3 Å². The first kappa shape index (κ1) is 11.4. The third kappa shape index (κ3) is 2.53. The van der Waals surface area contributed by atoms with Crippen molar-refractivity contribution < 1.29 is 9.50 Å². The Morgan fingerprint density at radius 2 is 2.06 bits per heavy atom. The molecule has 1 N–H and O–H groups in total. The number of hydrogen-bond donors (Lipinski definition) is 1. The van der Waals surface area contributed by atoms with Crippen LogP contribution in [0.3, 0.4) is 0 Å². The van der Waals surface area contributed by atoms with E-state index < -0.39 is 6.10 Å². The summed E-state index contributed by atoms with van der Waals surface area (Å²) in [5.74, 6) is -0.224. The van der Waals surface area contributed by atoms with E-state index in [9.17, 15) is 9.50 Å². The van der Waals surface area contributed by atoms with E-state index in [1.54, 1.807) is 13.0 Å². The highest BCUT2D eigenvalue weighted by molar-refractivity contribution is 5.54. The topological polar surface area (TPSA) is 23.5 Å². The lowest BCUT2D eigenvalue weighted by Crippen LogP contribution is -2.20. The van der Waals surface area contributed by atoms with Crippen LogP contribution < -0.4 is 4.90 Å². The average molecular weight is 223 g/mol. The van der Waals surface area contributed by atoms with Gasteiger partial charge < -0.3 is 10.0 Å². The first-order chi connectivity index (χ1) is 7.66. The predicted molar refractivity (Wildman–Crippen MR) is 63.2 cm³/mol. The summed E-state index contributed by atoms with van der Waals surface area (Å²) in [7, 11) is 0. The summed E-state index contributed by atoms with van der Waals surface area (Å²) in [5, 5.41) is 9.42. The van der Waals surface area contributed by atoms with Gasteiger partial charge in [0.15, 0.2) is 0 Å². The number of benzene rings is 1. The molecule has 0 saturated carbocycles. The predicted octanol–water partition coefficient (Wildman–Crippen LogP) is 2.35. The van der Waals surface area contributed by atoms with Crippen LogP contribution in [0.1, 0.15) is 25.3 Å². The smallest absolute Gasteiger partial charge is 0.123 e. The highest BCUT2D eigenvalue weighted by atomic mass is 19.1. The van der Waals surface area contributed by atoms with Crippen molar-refractivity contribution in [3.05, 3.63) is 29.6 Å². The molecule has 1 aromatic rings. The Morgan fingerprint density at radius 3 is 2.69 bits per heavy atom. The number of aliphatic hydroxyl groups excluding tert-OH is 1. The van der Waals surface area contributed by atoms with Crippen molar-refractivity contribution >= 4 is 5.69 Å². The molecule has 0 spiro atoms. The van der Waals surface area contributed by atoms with E-state index in [1.807, 2.05) is 6.07 Å². The molecule has 0 amide bonds. The van der Waals surface area contributed by atoms with Gasteiger partial charge in [-0.3, -0.25) is 0 Å². The van der Waals surface area contributed by atoms with Crippen molar-refractivity contribution in [2.24, 2.45) is 0 Å². The molecule has 1 aliphatic heterocycles. The van der Waals surface area contributed by atoms with E-state index in [4.69, 9.17) is 0 Å². The SMILES string of the molecule is CC(O)Cc1cc(F)ccc1N1CCCC1. The molecule has 1 heterocycles. The fourth-order valence-electron chi connectivity index (χ4n) is 2.30. The average Bonchev–Trinajstić information content (AvgIpc) is 2.69. The van der Waals surface area contributed by atoms with Gasteiger partial charge in [0.05, 0.1) is 6.10 Å². The van der Waals surface area contributed by atoms with Gasteiger partial charge in [-0.15, -0.1) is 0 Å². The van der Waals surface area contributed by atoms with Gasteiger partial charge >= 0.3 is 0 Å². The van der Waals surface area contributed by atoms with Crippen LogP contribution >= 0.6 is 0 Å². The van der Waals surface area contributed by atoms with Crippen LogP contribution in [-0.4, -0.2) is 24.3 Å². The Balaban J connectivity index is 2.27. The highest BCUT2D eigenvalue weighted by Gasteiger charge is 2.16. The van der Waals surface area contributed by atoms with Crippen LogP contribution in [0.15, 0.2) is 18.2 Å². The zero-order chi connectivity index (χ0) is 11.5. The number of nitrogens with zero attached hydrogens (tertiary/aromatic N) is 1. The molecule has 1 fully saturated rings. The second-order valence-electron chi connectivity index (χ2n) is 4.52. The van der Waals surface area contributed by atoms with Crippen molar-refractivity contribution in [1.29, 1.82) is 0 Å². The standard InChI is InChI=1S/C13H18FNO/c1-10(16)8-11-9-12(14)4-5-13(11)15-6-2-3-7-15/h4-5,9-10,16H,2-3,6-8H2,1H3. The minimum Gasteiger partial charge on any atom is -0.393 e. The van der Waals surface area contributed by atoms with Gasteiger partial charge in [-0.25, -0.2) is 4.39 Å². The summed E-state index contributed by atoms with van der Waals surface area (Å²) in [4.78, 5) is 2.27. The fraction of sp³-hybridized carbons (Fsp3) is 0.538. The van der Waals surface area contributed by atoms with Crippen LogP contribution in [0, 0.1) is 5.82 Å². The molecule has 1 unspecified atom stereocenters. The Morgan fingerprint density at radius 1 is 1.38 bits per heavy atom. The summed E-state index contributed by atoms with van der Waals surface area (Å²) in [6, 6.07) is 4.87. The maximum Gasteiger partial charge on any atom is 0.123 e. The quantitative estimate of drug-likeness (QED) is 0.850. The second-order valence-corrected chi connectivity index (χ2v) is 4.52. The summed E-state index contributed by atoms with van der Waals surface area (Å²) in [5.41, 5.74) is 2.00. The molecule has 1 aliphatic rings. The minimum atomic E-state index is -0.428. The van der Waals surface area contributed by atoms with Gasteiger partial charge in [0.25, 0.3) is 0 Å². The summed E-state index contributed by atoms with van der Waals surface area (Å²) in [6.07, 6.45) is 2.49. The maximum atomic E-state index is 13.2. The largest absolute Gasteiger partial charge is 0.393 e. The molecule has 2 nitrogen and oxygen atoms in total. The molecule has 0 aliphatic carbocycles. The summed E-state index contributed by atoms with van der Waals surface area (Å²) in [6.45, 7) is 3.82. The lowest BCUT2D eigenvalue weighted by atomic mass is 10.1. The second kappa shape index (κ2) is 4.83. The molecule has 16 heavy (non-hydrogen) atoms. The lowest BCUT2D eigenvalue weighted by Gasteiger charge is -2.22. The third-order valence-electron chi connectivity index (χ3n) is 3.00. The number of halogens is 1. The molecular formula is C13H18FNO. The van der Waals surface area contributed by atoms with E-state index in [2.05, 4.69) is 4.90 Å². The normalized spacial score (nSPS) is 17.8. The van der Waals surface area contributed by atoms with E-state index in [1.165, 1.54) is 18.9 Å². The first-order valence-electron chi connectivity index (χ1n) is 5.88. The van der Waals surface area contributed by atoms with Gasteiger partial charge in [0.1, 0.15) is 5.82 Å². The monoisotopic (exact) mass is 223 g/mol. The van der Waals surface area contributed by atoms with Gasteiger partial charge in [0, 0.05) is 25.2 Å². The van der Waals surface area contributed by atoms with Crippen molar-refractivity contribution in [3.63, 3.8) is 0 Å². The summed E-state index contributed by atoms with van der Waals surface area (Å²) < 4.78 is 13.2. The molecule has 1 aromatic carbocycles. The molecule has 0 bridgehead atoms. The van der Waals surface area contributed by atoms with E-state index >= 15 is 0 Å². The number of hydrogen-bond acceptors (Lipinski definition) is 2. The number of anilines is 1. The minimum absolute atomic E-state index is 0.224. The number of rotatable bonds is 3. The highest BCUT2D eigenvalue weighted by Crippen LogP contribution is 2.26. The van der Waals surface area contributed by atoms with Gasteiger partial charge in [-0.2, -0.15) is 0 Å². The van der Waals surface area contributed by atoms with Crippen LogP contribution in [0.25, 0.3) is 0 Å². The molecule has 3 heteroatoms. The van der Waals surface area contributed by atoms with Crippen LogP contribution in [0.4, 0.5) is 10.1 Å². The third-order valence-corrected chi connectivity index (χ3v) is 3.00. The molecule has 0 radical (unpaired) electrons. The van der Waals surface area contributed by atoms with Gasteiger partial charge in [0.2, 0.25) is 0 Å². The van der Waals surface area contributed by atoms with Crippen LogP contribution in [0.2, 0.25) is 0 Å².